The van der Waals surface area contributed by atoms with E-state index in [0.717, 1.165) is 22.7 Å². The normalized spacial score (nSPS) is 12.5. The van der Waals surface area contributed by atoms with E-state index in [9.17, 15) is 0 Å². The molecule has 0 aliphatic heterocycles. The molecule has 0 saturated heterocycles. The standard InChI is InChI=1S/C71H48N2/c1-4-22-57(23-5-1)71(58-24-6-2-7-25-58)65-30-14-12-29-63(65)70-66(71)31-17-33-69(70)72(60-41-36-50(37-42-60)53-20-16-21-54(46-53)55-35-34-49-18-10-11-19-52(49)47-55)61-43-38-51(39-44-61)56-40-45-68-64(48-56)62-28-13-15-32-67(62)73(68)59-26-8-3-9-27-59/h1-48H. The average molecular weight is 929 g/mol. The summed E-state index contributed by atoms with van der Waals surface area (Å²) in [6, 6.07) is 107. The Bertz CT molecular complexity index is 4130. The molecule has 2 nitrogen and oxygen atoms in total. The van der Waals surface area contributed by atoms with Gasteiger partial charge in [0.25, 0.3) is 0 Å². The van der Waals surface area contributed by atoms with Crippen molar-refractivity contribution >= 4 is 49.6 Å². The van der Waals surface area contributed by atoms with Crippen molar-refractivity contribution in [2.24, 2.45) is 0 Å². The smallest absolute Gasteiger partial charge is 0.0714 e. The zero-order valence-electron chi connectivity index (χ0n) is 40.1. The molecule has 1 aliphatic rings. The van der Waals surface area contributed by atoms with Gasteiger partial charge in [0, 0.05) is 33.4 Å². The SMILES string of the molecule is c1ccc(-n2c3ccccc3c3cc(-c4ccc(N(c5ccc(-c6cccc(-c7ccc8ccccc8c7)c6)cc5)c5cccc6c5-c5ccccc5C6(c5ccccc5)c5ccccc5)cc4)ccc32)cc1. The molecular formula is C71H48N2. The van der Waals surface area contributed by atoms with Gasteiger partial charge in [0.1, 0.15) is 0 Å². The Morgan fingerprint density at radius 1 is 0.301 bits per heavy atom. The van der Waals surface area contributed by atoms with Crippen molar-refractivity contribution in [1.29, 1.82) is 0 Å². The molecule has 1 heterocycles. The molecule has 0 radical (unpaired) electrons. The molecule has 0 unspecified atom stereocenters. The predicted molar refractivity (Wildman–Crippen MR) is 307 cm³/mol. The van der Waals surface area contributed by atoms with E-state index < -0.39 is 5.41 Å². The zero-order chi connectivity index (χ0) is 48.3. The first-order chi connectivity index (χ1) is 36.2. The molecule has 0 saturated carbocycles. The van der Waals surface area contributed by atoms with Gasteiger partial charge in [-0.25, -0.2) is 0 Å². The van der Waals surface area contributed by atoms with Gasteiger partial charge in [0.2, 0.25) is 0 Å². The summed E-state index contributed by atoms with van der Waals surface area (Å²) in [5.74, 6) is 0. The van der Waals surface area contributed by atoms with E-state index in [1.807, 2.05) is 0 Å². The van der Waals surface area contributed by atoms with Gasteiger partial charge in [-0.1, -0.05) is 218 Å². The number of hydrogen-bond donors (Lipinski definition) is 0. The topological polar surface area (TPSA) is 8.17 Å². The summed E-state index contributed by atoms with van der Waals surface area (Å²) in [6.45, 7) is 0. The first-order valence-electron chi connectivity index (χ1n) is 25.2. The summed E-state index contributed by atoms with van der Waals surface area (Å²) in [5, 5.41) is 4.98. The van der Waals surface area contributed by atoms with Crippen molar-refractivity contribution in [3.05, 3.63) is 313 Å². The van der Waals surface area contributed by atoms with Crippen molar-refractivity contribution in [2.45, 2.75) is 5.41 Å². The van der Waals surface area contributed by atoms with Gasteiger partial charge in [0.05, 0.1) is 22.1 Å². The highest BCUT2D eigenvalue weighted by molar-refractivity contribution is 6.10. The Morgan fingerprint density at radius 2 is 0.808 bits per heavy atom. The molecule has 0 atom stereocenters. The van der Waals surface area contributed by atoms with E-state index in [1.54, 1.807) is 0 Å². The van der Waals surface area contributed by atoms with Gasteiger partial charge in [0.15, 0.2) is 0 Å². The van der Waals surface area contributed by atoms with Crippen LogP contribution in [0.3, 0.4) is 0 Å². The second-order valence-corrected chi connectivity index (χ2v) is 19.2. The first-order valence-corrected chi connectivity index (χ1v) is 25.2. The third-order valence-electron chi connectivity index (χ3n) is 15.3. The molecule has 342 valence electrons. The number of anilines is 3. The molecule has 2 heteroatoms. The second-order valence-electron chi connectivity index (χ2n) is 19.2. The number of nitrogens with zero attached hydrogens (tertiary/aromatic N) is 2. The van der Waals surface area contributed by atoms with Crippen LogP contribution < -0.4 is 4.90 Å². The van der Waals surface area contributed by atoms with Gasteiger partial charge in [-0.05, 0) is 145 Å². The minimum Gasteiger partial charge on any atom is -0.310 e. The summed E-state index contributed by atoms with van der Waals surface area (Å²) in [7, 11) is 0. The van der Waals surface area contributed by atoms with E-state index in [-0.39, 0.29) is 0 Å². The molecule has 12 aromatic carbocycles. The highest BCUT2D eigenvalue weighted by Gasteiger charge is 2.47. The molecule has 13 aromatic rings. The molecule has 14 rings (SSSR count). The van der Waals surface area contributed by atoms with Crippen molar-refractivity contribution in [3.8, 4) is 50.2 Å². The lowest BCUT2D eigenvalue weighted by Gasteiger charge is -2.34. The number of rotatable bonds is 9. The second kappa shape index (κ2) is 17.4. The van der Waals surface area contributed by atoms with Crippen LogP contribution in [0.5, 0.6) is 0 Å². The molecule has 0 N–H and O–H groups in total. The van der Waals surface area contributed by atoms with E-state index >= 15 is 0 Å². The quantitative estimate of drug-likeness (QED) is 0.140. The Morgan fingerprint density at radius 3 is 1.52 bits per heavy atom. The summed E-state index contributed by atoms with van der Waals surface area (Å²) in [6.07, 6.45) is 0. The van der Waals surface area contributed by atoms with Crippen LogP contribution in [0.15, 0.2) is 291 Å². The van der Waals surface area contributed by atoms with E-state index in [0.29, 0.717) is 0 Å². The van der Waals surface area contributed by atoms with Crippen LogP contribution in [0.1, 0.15) is 22.3 Å². The van der Waals surface area contributed by atoms with E-state index in [4.69, 9.17) is 0 Å². The van der Waals surface area contributed by atoms with Crippen LogP contribution in [0, 0.1) is 0 Å². The highest BCUT2D eigenvalue weighted by atomic mass is 15.1. The maximum Gasteiger partial charge on any atom is 0.0714 e. The van der Waals surface area contributed by atoms with Crippen molar-refractivity contribution in [3.63, 3.8) is 0 Å². The van der Waals surface area contributed by atoms with E-state index in [1.165, 1.54) is 99.3 Å². The molecular weight excluding hydrogens is 881 g/mol. The van der Waals surface area contributed by atoms with Crippen LogP contribution in [0.25, 0.3) is 82.8 Å². The summed E-state index contributed by atoms with van der Waals surface area (Å²) in [5.41, 5.74) is 21.0. The number of aromatic nitrogens is 1. The van der Waals surface area contributed by atoms with Crippen LogP contribution in [0.2, 0.25) is 0 Å². The minimum absolute atomic E-state index is 0.526. The van der Waals surface area contributed by atoms with Gasteiger partial charge < -0.3 is 9.47 Å². The van der Waals surface area contributed by atoms with Crippen molar-refractivity contribution < 1.29 is 0 Å². The van der Waals surface area contributed by atoms with Gasteiger partial charge in [-0.15, -0.1) is 0 Å². The Kier molecular flexibility index (Phi) is 10.1. The lowest BCUT2D eigenvalue weighted by atomic mass is 9.68. The Labute approximate surface area is 426 Å². The monoisotopic (exact) mass is 928 g/mol. The summed E-state index contributed by atoms with van der Waals surface area (Å²) in [4.78, 5) is 2.47. The van der Waals surface area contributed by atoms with Gasteiger partial charge >= 0.3 is 0 Å². The molecule has 0 spiro atoms. The lowest BCUT2D eigenvalue weighted by molar-refractivity contribution is 0.768. The Balaban J connectivity index is 0.920. The van der Waals surface area contributed by atoms with Gasteiger partial charge in [-0.3, -0.25) is 0 Å². The summed E-state index contributed by atoms with van der Waals surface area (Å²) >= 11 is 0. The number of para-hydroxylation sites is 2. The van der Waals surface area contributed by atoms with Crippen LogP contribution in [-0.2, 0) is 5.41 Å². The predicted octanol–water partition coefficient (Wildman–Crippen LogP) is 18.8. The summed E-state index contributed by atoms with van der Waals surface area (Å²) < 4.78 is 2.38. The third-order valence-corrected chi connectivity index (χ3v) is 15.3. The maximum atomic E-state index is 2.47. The first kappa shape index (κ1) is 42.4. The largest absolute Gasteiger partial charge is 0.310 e. The fourth-order valence-corrected chi connectivity index (χ4v) is 11.9. The fourth-order valence-electron chi connectivity index (χ4n) is 11.9. The third kappa shape index (κ3) is 6.94. The van der Waals surface area contributed by atoms with Crippen LogP contribution in [-0.4, -0.2) is 4.57 Å². The lowest BCUT2D eigenvalue weighted by Crippen LogP contribution is -2.28. The van der Waals surface area contributed by atoms with Crippen LogP contribution >= 0.6 is 0 Å². The molecule has 1 aromatic heterocycles. The van der Waals surface area contributed by atoms with Crippen LogP contribution in [0.4, 0.5) is 17.1 Å². The highest BCUT2D eigenvalue weighted by Crippen LogP contribution is 2.59. The van der Waals surface area contributed by atoms with Crippen molar-refractivity contribution in [1.82, 2.24) is 4.57 Å². The number of hydrogen-bond acceptors (Lipinski definition) is 1. The van der Waals surface area contributed by atoms with Crippen molar-refractivity contribution in [2.75, 3.05) is 4.90 Å². The van der Waals surface area contributed by atoms with E-state index in [2.05, 4.69) is 301 Å². The number of fused-ring (bicyclic) bond motifs is 7. The molecule has 0 amide bonds. The number of benzene rings is 12. The minimum atomic E-state index is -0.526. The fraction of sp³-hybridized carbons (Fsp3) is 0.0141. The molecule has 73 heavy (non-hydrogen) atoms. The Hall–Kier alpha value is -9.50. The van der Waals surface area contributed by atoms with Gasteiger partial charge in [-0.2, -0.15) is 0 Å². The zero-order valence-corrected chi connectivity index (χ0v) is 40.1. The molecule has 0 fully saturated rings. The average Bonchev–Trinajstić information content (AvgIpc) is 3.97. The molecule has 0 bridgehead atoms. The molecule has 1 aliphatic carbocycles. The maximum absolute atomic E-state index is 2.47.